The third kappa shape index (κ3) is 4.94. The van der Waals surface area contributed by atoms with Crippen molar-refractivity contribution in [1.82, 2.24) is 5.32 Å². The fraction of sp³-hybridized carbons (Fsp3) is 0.462. The van der Waals surface area contributed by atoms with Crippen LogP contribution in [0.15, 0.2) is 30.3 Å². The summed E-state index contributed by atoms with van der Waals surface area (Å²) in [6.45, 7) is 2.41. The second kappa shape index (κ2) is 7.01. The van der Waals surface area contributed by atoms with E-state index in [0.717, 1.165) is 12.0 Å². The Bertz CT molecular complexity index is 311. The zero-order chi connectivity index (χ0) is 11.8. The summed E-state index contributed by atoms with van der Waals surface area (Å²) in [6.07, 6.45) is 1.28. The van der Waals surface area contributed by atoms with Crippen LogP contribution < -0.4 is 5.32 Å². The van der Waals surface area contributed by atoms with Crippen LogP contribution in [0.2, 0.25) is 0 Å². The van der Waals surface area contributed by atoms with E-state index < -0.39 is 0 Å². The van der Waals surface area contributed by atoms with Gasteiger partial charge in [-0.15, -0.1) is 0 Å². The van der Waals surface area contributed by atoms with Gasteiger partial charge in [-0.25, -0.2) is 0 Å². The molecule has 0 radical (unpaired) electrons. The number of esters is 1. The van der Waals surface area contributed by atoms with Crippen LogP contribution in [0.1, 0.15) is 25.3 Å². The topological polar surface area (TPSA) is 38.3 Å². The summed E-state index contributed by atoms with van der Waals surface area (Å²) in [7, 11) is 1.89. The average molecular weight is 221 g/mol. The van der Waals surface area contributed by atoms with Gasteiger partial charge in [0.15, 0.2) is 0 Å². The highest BCUT2D eigenvalue weighted by atomic mass is 16.5. The Morgan fingerprint density at radius 2 is 2.06 bits per heavy atom. The maximum absolute atomic E-state index is 11.4. The van der Waals surface area contributed by atoms with Crippen LogP contribution in [0.5, 0.6) is 0 Å². The minimum atomic E-state index is -0.133. The van der Waals surface area contributed by atoms with Gasteiger partial charge in [0, 0.05) is 12.5 Å². The zero-order valence-electron chi connectivity index (χ0n) is 9.90. The molecule has 0 aliphatic carbocycles. The maximum Gasteiger partial charge on any atom is 0.306 e. The standard InChI is InChI=1S/C13H19NO2/c1-11(14-2)8-9-13(15)16-10-12-6-4-3-5-7-12/h3-7,11,14H,8-10H2,1-2H3. The highest BCUT2D eigenvalue weighted by Crippen LogP contribution is 2.03. The number of carbonyl (C=O) groups is 1. The highest BCUT2D eigenvalue weighted by Gasteiger charge is 2.06. The van der Waals surface area contributed by atoms with Gasteiger partial charge in [0.25, 0.3) is 0 Å². The van der Waals surface area contributed by atoms with E-state index >= 15 is 0 Å². The van der Waals surface area contributed by atoms with E-state index in [1.165, 1.54) is 0 Å². The average Bonchev–Trinajstić information content (AvgIpc) is 2.34. The van der Waals surface area contributed by atoms with Crippen LogP contribution in [0.25, 0.3) is 0 Å². The van der Waals surface area contributed by atoms with E-state index in [1.54, 1.807) is 0 Å². The fourth-order valence-electron chi connectivity index (χ4n) is 1.29. The summed E-state index contributed by atoms with van der Waals surface area (Å²) in [5.41, 5.74) is 1.03. The summed E-state index contributed by atoms with van der Waals surface area (Å²) in [5, 5.41) is 3.09. The molecule has 0 amide bonds. The molecule has 0 saturated heterocycles. The Labute approximate surface area is 96.8 Å². The largest absolute Gasteiger partial charge is 0.461 e. The number of benzene rings is 1. The molecule has 1 aromatic rings. The van der Waals surface area contributed by atoms with Crippen LogP contribution >= 0.6 is 0 Å². The molecule has 0 fully saturated rings. The lowest BCUT2D eigenvalue weighted by Gasteiger charge is -2.09. The number of rotatable bonds is 6. The third-order valence-electron chi connectivity index (χ3n) is 2.52. The molecule has 0 spiro atoms. The number of ether oxygens (including phenoxy) is 1. The van der Waals surface area contributed by atoms with Crippen molar-refractivity contribution in [1.29, 1.82) is 0 Å². The first-order valence-electron chi connectivity index (χ1n) is 5.59. The van der Waals surface area contributed by atoms with Crippen molar-refractivity contribution >= 4 is 5.97 Å². The molecule has 1 unspecified atom stereocenters. The molecule has 0 bridgehead atoms. The lowest BCUT2D eigenvalue weighted by atomic mass is 10.2. The van der Waals surface area contributed by atoms with Gasteiger partial charge in [0.1, 0.15) is 6.61 Å². The molecular weight excluding hydrogens is 202 g/mol. The van der Waals surface area contributed by atoms with Gasteiger partial charge in [0.05, 0.1) is 0 Å². The normalized spacial score (nSPS) is 12.1. The van der Waals surface area contributed by atoms with E-state index in [-0.39, 0.29) is 5.97 Å². The summed E-state index contributed by atoms with van der Waals surface area (Å²) in [5.74, 6) is -0.133. The Balaban J connectivity index is 2.20. The number of hydrogen-bond acceptors (Lipinski definition) is 3. The maximum atomic E-state index is 11.4. The van der Waals surface area contributed by atoms with Gasteiger partial charge < -0.3 is 10.1 Å². The molecule has 0 aromatic heterocycles. The van der Waals surface area contributed by atoms with Crippen LogP contribution in [0.4, 0.5) is 0 Å². The molecule has 3 heteroatoms. The van der Waals surface area contributed by atoms with Crippen molar-refractivity contribution in [3.05, 3.63) is 35.9 Å². The summed E-state index contributed by atoms with van der Waals surface area (Å²) in [4.78, 5) is 11.4. The van der Waals surface area contributed by atoms with Crippen LogP contribution in [0.3, 0.4) is 0 Å². The lowest BCUT2D eigenvalue weighted by Crippen LogP contribution is -2.22. The monoisotopic (exact) mass is 221 g/mol. The van der Waals surface area contributed by atoms with Gasteiger partial charge in [-0.3, -0.25) is 4.79 Å². The molecule has 1 aromatic carbocycles. The molecule has 0 saturated carbocycles. The smallest absolute Gasteiger partial charge is 0.306 e. The van der Waals surface area contributed by atoms with Crippen molar-refractivity contribution in [3.8, 4) is 0 Å². The molecule has 1 atom stereocenters. The predicted octanol–water partition coefficient (Wildman–Crippen LogP) is 2.12. The first-order chi connectivity index (χ1) is 7.72. The molecular formula is C13H19NO2. The third-order valence-corrected chi connectivity index (χ3v) is 2.52. The molecule has 0 aliphatic rings. The Morgan fingerprint density at radius 1 is 1.38 bits per heavy atom. The van der Waals surface area contributed by atoms with Gasteiger partial charge in [0.2, 0.25) is 0 Å². The summed E-state index contributed by atoms with van der Waals surface area (Å²) in [6, 6.07) is 10.1. The molecule has 3 nitrogen and oxygen atoms in total. The molecule has 1 N–H and O–H groups in total. The number of carbonyl (C=O) groups excluding carboxylic acids is 1. The quantitative estimate of drug-likeness (QED) is 0.748. The van der Waals surface area contributed by atoms with Crippen LogP contribution in [-0.4, -0.2) is 19.1 Å². The van der Waals surface area contributed by atoms with Gasteiger partial charge >= 0.3 is 5.97 Å². The Kier molecular flexibility index (Phi) is 5.57. The van der Waals surface area contributed by atoms with Crippen molar-refractivity contribution in [3.63, 3.8) is 0 Å². The van der Waals surface area contributed by atoms with Crippen LogP contribution in [-0.2, 0) is 16.1 Å². The molecule has 1 rings (SSSR count). The van der Waals surface area contributed by atoms with Crippen molar-refractivity contribution in [2.45, 2.75) is 32.4 Å². The van der Waals surface area contributed by atoms with Crippen molar-refractivity contribution < 1.29 is 9.53 Å². The second-order valence-electron chi connectivity index (χ2n) is 3.87. The SMILES string of the molecule is CNC(C)CCC(=O)OCc1ccccc1. The second-order valence-corrected chi connectivity index (χ2v) is 3.87. The highest BCUT2D eigenvalue weighted by molar-refractivity contribution is 5.69. The fourth-order valence-corrected chi connectivity index (χ4v) is 1.29. The van der Waals surface area contributed by atoms with E-state index in [2.05, 4.69) is 5.32 Å². The first-order valence-corrected chi connectivity index (χ1v) is 5.59. The summed E-state index contributed by atoms with van der Waals surface area (Å²) < 4.78 is 5.16. The van der Waals surface area contributed by atoms with E-state index in [1.807, 2.05) is 44.3 Å². The zero-order valence-corrected chi connectivity index (χ0v) is 9.90. The minimum Gasteiger partial charge on any atom is -0.461 e. The van der Waals surface area contributed by atoms with E-state index in [0.29, 0.717) is 19.1 Å². The lowest BCUT2D eigenvalue weighted by molar-refractivity contribution is -0.145. The Morgan fingerprint density at radius 3 is 2.69 bits per heavy atom. The van der Waals surface area contributed by atoms with Gasteiger partial charge in [-0.2, -0.15) is 0 Å². The van der Waals surface area contributed by atoms with Crippen LogP contribution in [0, 0.1) is 0 Å². The summed E-state index contributed by atoms with van der Waals surface area (Å²) >= 11 is 0. The number of nitrogens with one attached hydrogen (secondary N) is 1. The first kappa shape index (κ1) is 12.7. The van der Waals surface area contributed by atoms with Crippen molar-refractivity contribution in [2.24, 2.45) is 0 Å². The Hall–Kier alpha value is -1.35. The molecule has 16 heavy (non-hydrogen) atoms. The van der Waals surface area contributed by atoms with E-state index in [9.17, 15) is 4.79 Å². The minimum absolute atomic E-state index is 0.133. The molecule has 0 aliphatic heterocycles. The molecule has 0 heterocycles. The molecule has 88 valence electrons. The van der Waals surface area contributed by atoms with Gasteiger partial charge in [-0.1, -0.05) is 30.3 Å². The van der Waals surface area contributed by atoms with Gasteiger partial charge in [-0.05, 0) is 26.0 Å². The van der Waals surface area contributed by atoms with E-state index in [4.69, 9.17) is 4.74 Å². The predicted molar refractivity (Wildman–Crippen MR) is 64.0 cm³/mol. The number of hydrogen-bond donors (Lipinski definition) is 1. The van der Waals surface area contributed by atoms with Crippen molar-refractivity contribution in [2.75, 3.05) is 7.05 Å².